The average molecular weight is 502 g/mol. The number of ether oxygens (including phenoxy) is 2. The van der Waals surface area contributed by atoms with Crippen molar-refractivity contribution >= 4 is 17.7 Å². The molecule has 2 atom stereocenters. The van der Waals surface area contributed by atoms with Gasteiger partial charge in [0.2, 0.25) is 0 Å². The maximum atomic E-state index is 13.5. The quantitative estimate of drug-likeness (QED) is 0.303. The van der Waals surface area contributed by atoms with Gasteiger partial charge in [-0.2, -0.15) is 0 Å². The molecule has 5 rings (SSSR count). The average Bonchev–Trinajstić information content (AvgIpc) is 3.17. The molecule has 0 unspecified atom stereocenters. The predicted molar refractivity (Wildman–Crippen MR) is 146 cm³/mol. The molecule has 0 radical (unpaired) electrons. The van der Waals surface area contributed by atoms with Crippen molar-refractivity contribution in [1.82, 2.24) is 4.90 Å². The van der Waals surface area contributed by atoms with E-state index in [1.54, 1.807) is 18.9 Å². The Bertz CT molecular complexity index is 1160. The fraction of sp³-hybridized carbons (Fsp3) is 0.387. The van der Waals surface area contributed by atoms with Crippen LogP contribution in [0.5, 0.6) is 11.5 Å². The standard InChI is InChI=1S/C31H35NO3S/c1-21(2)29-6-4-5-7-30(29)35-27-18-24-12-13-25(19-27)32(24)31(33)23-10-8-22(9-11-23)20-36-28-16-14-26(34-3)15-17-28/h4-11,14-17,21,24-25,27H,12-13,18-20H2,1-3H3/t24-,25-/m0/s1. The van der Waals surface area contributed by atoms with E-state index in [9.17, 15) is 4.79 Å². The van der Waals surface area contributed by atoms with Crippen LogP contribution in [0.2, 0.25) is 0 Å². The zero-order chi connectivity index (χ0) is 25.1. The van der Waals surface area contributed by atoms with Gasteiger partial charge in [0, 0.05) is 41.1 Å². The fourth-order valence-electron chi connectivity index (χ4n) is 5.53. The first-order chi connectivity index (χ1) is 17.5. The van der Waals surface area contributed by atoms with Gasteiger partial charge in [0.15, 0.2) is 0 Å². The minimum absolute atomic E-state index is 0.165. The predicted octanol–water partition coefficient (Wildman–Crippen LogP) is 7.33. The summed E-state index contributed by atoms with van der Waals surface area (Å²) < 4.78 is 11.7. The van der Waals surface area contributed by atoms with Gasteiger partial charge in [0.25, 0.3) is 5.91 Å². The summed E-state index contributed by atoms with van der Waals surface area (Å²) in [6.45, 7) is 4.41. The Morgan fingerprint density at radius 3 is 2.25 bits per heavy atom. The molecule has 0 aromatic heterocycles. The van der Waals surface area contributed by atoms with E-state index in [4.69, 9.17) is 9.47 Å². The van der Waals surface area contributed by atoms with E-state index in [2.05, 4.69) is 61.2 Å². The molecule has 0 spiro atoms. The van der Waals surface area contributed by atoms with Crippen LogP contribution in [0.3, 0.4) is 0 Å². The van der Waals surface area contributed by atoms with E-state index in [1.807, 2.05) is 30.3 Å². The third-order valence-electron chi connectivity index (χ3n) is 7.42. The number of hydrogen-bond acceptors (Lipinski definition) is 4. The van der Waals surface area contributed by atoms with Gasteiger partial charge in [-0.1, -0.05) is 44.2 Å². The number of hydrogen-bond donors (Lipinski definition) is 0. The molecule has 4 nitrogen and oxygen atoms in total. The highest BCUT2D eigenvalue weighted by molar-refractivity contribution is 7.98. The highest BCUT2D eigenvalue weighted by Gasteiger charge is 2.44. The first-order valence-corrected chi connectivity index (χ1v) is 13.9. The lowest BCUT2D eigenvalue weighted by Crippen LogP contribution is -2.49. The van der Waals surface area contributed by atoms with Crippen LogP contribution in [-0.4, -0.2) is 36.1 Å². The summed E-state index contributed by atoms with van der Waals surface area (Å²) in [6, 6.07) is 25.2. The highest BCUT2D eigenvalue weighted by Crippen LogP contribution is 2.39. The number of para-hydroxylation sites is 1. The number of rotatable bonds is 8. The molecule has 188 valence electrons. The van der Waals surface area contributed by atoms with Crippen LogP contribution in [0, 0.1) is 0 Å². The first-order valence-electron chi connectivity index (χ1n) is 13.0. The lowest BCUT2D eigenvalue weighted by molar-refractivity contribution is 0.0356. The number of amides is 1. The molecule has 1 amide bonds. The molecule has 5 heteroatoms. The second-order valence-corrected chi connectivity index (χ2v) is 11.2. The second-order valence-electron chi connectivity index (χ2n) is 10.2. The lowest BCUT2D eigenvalue weighted by atomic mass is 9.97. The van der Waals surface area contributed by atoms with Gasteiger partial charge in [-0.15, -0.1) is 11.8 Å². The number of thioether (sulfide) groups is 1. The van der Waals surface area contributed by atoms with Crippen molar-refractivity contribution in [3.8, 4) is 11.5 Å². The number of nitrogens with zero attached hydrogens (tertiary/aromatic N) is 1. The molecule has 3 aromatic carbocycles. The number of methoxy groups -OCH3 is 1. The molecule has 2 fully saturated rings. The largest absolute Gasteiger partial charge is 0.497 e. The second kappa shape index (κ2) is 11.0. The number of benzene rings is 3. The van der Waals surface area contributed by atoms with Gasteiger partial charge in [-0.25, -0.2) is 0 Å². The maximum Gasteiger partial charge on any atom is 0.254 e. The molecule has 36 heavy (non-hydrogen) atoms. The lowest BCUT2D eigenvalue weighted by Gasteiger charge is -2.39. The van der Waals surface area contributed by atoms with Crippen molar-refractivity contribution in [2.75, 3.05) is 7.11 Å². The van der Waals surface area contributed by atoms with Gasteiger partial charge in [-0.05, 0) is 72.4 Å². The minimum atomic E-state index is 0.165. The molecule has 0 N–H and O–H groups in total. The van der Waals surface area contributed by atoms with Crippen LogP contribution in [0.15, 0.2) is 77.7 Å². The molecule has 3 aromatic rings. The molecule has 0 saturated carbocycles. The third kappa shape index (κ3) is 5.41. The van der Waals surface area contributed by atoms with E-state index < -0.39 is 0 Å². The van der Waals surface area contributed by atoms with Crippen molar-refractivity contribution in [2.45, 2.75) is 74.3 Å². The molecule has 0 aliphatic carbocycles. The minimum Gasteiger partial charge on any atom is -0.497 e. The van der Waals surface area contributed by atoms with Crippen LogP contribution in [-0.2, 0) is 5.75 Å². The third-order valence-corrected chi connectivity index (χ3v) is 8.51. The van der Waals surface area contributed by atoms with Crippen LogP contribution in [0.25, 0.3) is 0 Å². The van der Waals surface area contributed by atoms with E-state index in [1.165, 1.54) is 16.0 Å². The zero-order valence-corrected chi connectivity index (χ0v) is 22.2. The van der Waals surface area contributed by atoms with Crippen molar-refractivity contribution in [2.24, 2.45) is 0 Å². The van der Waals surface area contributed by atoms with Crippen LogP contribution >= 0.6 is 11.8 Å². The number of carbonyl (C=O) groups excluding carboxylic acids is 1. The van der Waals surface area contributed by atoms with Crippen molar-refractivity contribution in [1.29, 1.82) is 0 Å². The highest BCUT2D eigenvalue weighted by atomic mass is 32.2. The van der Waals surface area contributed by atoms with E-state index in [-0.39, 0.29) is 24.1 Å². The first kappa shape index (κ1) is 24.8. The Balaban J connectivity index is 1.19. The van der Waals surface area contributed by atoms with Gasteiger partial charge in [-0.3, -0.25) is 4.79 Å². The van der Waals surface area contributed by atoms with E-state index in [0.29, 0.717) is 5.92 Å². The number of piperidine rings is 1. The van der Waals surface area contributed by atoms with Gasteiger partial charge in [0.1, 0.15) is 17.6 Å². The number of carbonyl (C=O) groups is 1. The molecular weight excluding hydrogens is 466 g/mol. The fourth-order valence-corrected chi connectivity index (χ4v) is 6.38. The Hall–Kier alpha value is -2.92. The smallest absolute Gasteiger partial charge is 0.254 e. The zero-order valence-electron chi connectivity index (χ0n) is 21.4. The summed E-state index contributed by atoms with van der Waals surface area (Å²) in [5, 5.41) is 0. The summed E-state index contributed by atoms with van der Waals surface area (Å²) >= 11 is 1.78. The molecule has 2 aliphatic rings. The Morgan fingerprint density at radius 2 is 1.61 bits per heavy atom. The van der Waals surface area contributed by atoms with Gasteiger partial charge in [0.05, 0.1) is 7.11 Å². The van der Waals surface area contributed by atoms with Crippen LogP contribution < -0.4 is 9.47 Å². The Kier molecular flexibility index (Phi) is 7.56. The monoisotopic (exact) mass is 501 g/mol. The Morgan fingerprint density at radius 1 is 0.944 bits per heavy atom. The normalized spacial score (nSPS) is 21.0. The Labute approximate surface area is 219 Å². The van der Waals surface area contributed by atoms with E-state index in [0.717, 1.165) is 48.5 Å². The van der Waals surface area contributed by atoms with Crippen LogP contribution in [0.1, 0.15) is 66.9 Å². The SMILES string of the molecule is COc1ccc(SCc2ccc(C(=O)N3[C@H]4CC[C@H]3CC(Oc3ccccc3C(C)C)C4)cc2)cc1. The van der Waals surface area contributed by atoms with Crippen molar-refractivity contribution < 1.29 is 14.3 Å². The molecule has 2 bridgehead atoms. The van der Waals surface area contributed by atoms with E-state index >= 15 is 0 Å². The van der Waals surface area contributed by atoms with Crippen molar-refractivity contribution in [3.63, 3.8) is 0 Å². The summed E-state index contributed by atoms with van der Waals surface area (Å²) in [5.74, 6) is 3.33. The summed E-state index contributed by atoms with van der Waals surface area (Å²) in [4.78, 5) is 16.8. The number of fused-ring (bicyclic) bond motifs is 2. The van der Waals surface area contributed by atoms with Crippen LogP contribution in [0.4, 0.5) is 0 Å². The summed E-state index contributed by atoms with van der Waals surface area (Å²) in [5.41, 5.74) is 3.26. The molecule has 2 saturated heterocycles. The molecular formula is C31H35NO3S. The van der Waals surface area contributed by atoms with Gasteiger partial charge < -0.3 is 14.4 Å². The summed E-state index contributed by atoms with van der Waals surface area (Å²) in [7, 11) is 1.68. The maximum absolute atomic E-state index is 13.5. The van der Waals surface area contributed by atoms with Crippen molar-refractivity contribution in [3.05, 3.63) is 89.5 Å². The summed E-state index contributed by atoms with van der Waals surface area (Å²) in [6.07, 6.45) is 4.12. The molecule has 2 heterocycles. The van der Waals surface area contributed by atoms with Gasteiger partial charge >= 0.3 is 0 Å². The topological polar surface area (TPSA) is 38.8 Å². The molecule has 2 aliphatic heterocycles.